The van der Waals surface area contributed by atoms with Crippen LogP contribution >= 0.6 is 0 Å². The van der Waals surface area contributed by atoms with Crippen LogP contribution in [0, 0.1) is 23.3 Å². The monoisotopic (exact) mass is 178 g/mol. The van der Waals surface area contributed by atoms with Crippen molar-refractivity contribution in [2.24, 2.45) is 0 Å². The van der Waals surface area contributed by atoms with E-state index in [1.807, 2.05) is 0 Å². The summed E-state index contributed by atoms with van der Waals surface area (Å²) < 4.78 is 50.1. The van der Waals surface area contributed by atoms with E-state index in [9.17, 15) is 17.6 Å². The van der Waals surface area contributed by atoms with E-state index >= 15 is 0 Å². The second-order valence-electron chi connectivity index (χ2n) is 2.30. The van der Waals surface area contributed by atoms with Gasteiger partial charge in [-0.1, -0.05) is 6.92 Å². The van der Waals surface area contributed by atoms with Gasteiger partial charge < -0.3 is 0 Å². The van der Waals surface area contributed by atoms with Crippen molar-refractivity contribution in [1.82, 2.24) is 0 Å². The van der Waals surface area contributed by atoms with E-state index in [1.54, 1.807) is 0 Å². The summed E-state index contributed by atoms with van der Waals surface area (Å²) in [5, 5.41) is 0. The second kappa shape index (κ2) is 3.13. The lowest BCUT2D eigenvalue weighted by molar-refractivity contribution is 0.425. The molecule has 0 heterocycles. The summed E-state index contributed by atoms with van der Waals surface area (Å²) in [6.07, 6.45) is -0.00509. The molecule has 0 fully saturated rings. The molecule has 0 saturated carbocycles. The highest BCUT2D eigenvalue weighted by Crippen LogP contribution is 2.18. The van der Waals surface area contributed by atoms with E-state index in [2.05, 4.69) is 0 Å². The third kappa shape index (κ3) is 1.29. The maximum Gasteiger partial charge on any atom is 0.194 e. The van der Waals surface area contributed by atoms with E-state index in [0.717, 1.165) is 0 Å². The van der Waals surface area contributed by atoms with Gasteiger partial charge in [0.25, 0.3) is 0 Å². The first kappa shape index (κ1) is 9.03. The molecule has 0 aliphatic carbocycles. The Labute approximate surface area is 66.8 Å². The Morgan fingerprint density at radius 3 is 2.08 bits per heavy atom. The molecule has 0 atom stereocenters. The van der Waals surface area contributed by atoms with Gasteiger partial charge in [0.15, 0.2) is 17.5 Å². The maximum absolute atomic E-state index is 12.7. The van der Waals surface area contributed by atoms with Crippen LogP contribution in [0.5, 0.6) is 0 Å². The first-order valence-corrected chi connectivity index (χ1v) is 3.39. The molecule has 0 nitrogen and oxygen atoms in total. The molecule has 0 aromatic heterocycles. The third-order valence-electron chi connectivity index (χ3n) is 1.56. The normalized spacial score (nSPS) is 10.4. The fourth-order valence-electron chi connectivity index (χ4n) is 0.928. The van der Waals surface area contributed by atoms with Crippen molar-refractivity contribution in [3.63, 3.8) is 0 Å². The average Bonchev–Trinajstić information content (AvgIpc) is 2.01. The minimum absolute atomic E-state index is 0.00509. The summed E-state index contributed by atoms with van der Waals surface area (Å²) in [6.45, 7) is 1.46. The first-order valence-electron chi connectivity index (χ1n) is 3.39. The second-order valence-corrected chi connectivity index (χ2v) is 2.30. The van der Waals surface area contributed by atoms with Gasteiger partial charge >= 0.3 is 0 Å². The van der Waals surface area contributed by atoms with Gasteiger partial charge in [-0.25, -0.2) is 17.6 Å². The molecule has 0 saturated heterocycles. The highest BCUT2D eigenvalue weighted by atomic mass is 19.2. The zero-order valence-electron chi connectivity index (χ0n) is 6.30. The molecule has 1 aromatic carbocycles. The smallest absolute Gasteiger partial charge is 0.194 e. The van der Waals surface area contributed by atoms with E-state index in [-0.39, 0.29) is 6.42 Å². The van der Waals surface area contributed by atoms with Crippen LogP contribution in [-0.2, 0) is 6.42 Å². The van der Waals surface area contributed by atoms with Crippen molar-refractivity contribution in [2.75, 3.05) is 0 Å². The van der Waals surface area contributed by atoms with Gasteiger partial charge in [0, 0.05) is 11.6 Å². The molecule has 0 bridgehead atoms. The Morgan fingerprint density at radius 2 is 1.58 bits per heavy atom. The van der Waals surface area contributed by atoms with E-state index < -0.39 is 28.8 Å². The van der Waals surface area contributed by atoms with Crippen molar-refractivity contribution >= 4 is 0 Å². The topological polar surface area (TPSA) is 0 Å². The molecule has 1 rings (SSSR count). The first-order chi connectivity index (χ1) is 5.57. The lowest BCUT2D eigenvalue weighted by Crippen LogP contribution is -2.00. The van der Waals surface area contributed by atoms with Crippen molar-refractivity contribution in [3.05, 3.63) is 34.9 Å². The predicted molar refractivity (Wildman–Crippen MR) is 35.7 cm³/mol. The van der Waals surface area contributed by atoms with Crippen molar-refractivity contribution in [2.45, 2.75) is 13.3 Å². The largest absolute Gasteiger partial charge is 0.206 e. The van der Waals surface area contributed by atoms with Gasteiger partial charge in [-0.3, -0.25) is 0 Å². The summed E-state index contributed by atoms with van der Waals surface area (Å²) >= 11 is 0. The average molecular weight is 178 g/mol. The van der Waals surface area contributed by atoms with Crippen molar-refractivity contribution in [1.29, 1.82) is 0 Å². The minimum Gasteiger partial charge on any atom is -0.206 e. The standard InChI is InChI=1S/C8H6F4/c1-2-4-5(9)3-6(10)8(12)7(4)11/h3H,2H2,1H3. The van der Waals surface area contributed by atoms with Gasteiger partial charge in [-0.15, -0.1) is 0 Å². The Morgan fingerprint density at radius 1 is 1.00 bits per heavy atom. The van der Waals surface area contributed by atoms with Crippen LogP contribution in [-0.4, -0.2) is 0 Å². The van der Waals surface area contributed by atoms with Gasteiger partial charge in [0.1, 0.15) is 5.82 Å². The Bertz CT molecular complexity index is 306. The van der Waals surface area contributed by atoms with Gasteiger partial charge in [0.2, 0.25) is 0 Å². The minimum atomic E-state index is -1.62. The van der Waals surface area contributed by atoms with Crippen LogP contribution in [0.3, 0.4) is 0 Å². The van der Waals surface area contributed by atoms with Crippen LogP contribution < -0.4 is 0 Å². The molecule has 0 spiro atoms. The lowest BCUT2D eigenvalue weighted by atomic mass is 10.1. The summed E-state index contributed by atoms with van der Waals surface area (Å²) in [6, 6.07) is 0.344. The summed E-state index contributed by atoms with van der Waals surface area (Å²) in [5.74, 6) is -5.60. The third-order valence-corrected chi connectivity index (χ3v) is 1.56. The molecule has 12 heavy (non-hydrogen) atoms. The molecule has 0 radical (unpaired) electrons. The fourth-order valence-corrected chi connectivity index (χ4v) is 0.928. The Kier molecular flexibility index (Phi) is 2.35. The zero-order valence-corrected chi connectivity index (χ0v) is 6.30. The molecule has 0 aliphatic heterocycles. The highest BCUT2D eigenvalue weighted by Gasteiger charge is 2.16. The van der Waals surface area contributed by atoms with E-state index in [4.69, 9.17) is 0 Å². The number of benzene rings is 1. The molecule has 0 amide bonds. The molecule has 0 unspecified atom stereocenters. The molecular formula is C8H6F4. The van der Waals surface area contributed by atoms with E-state index in [0.29, 0.717) is 6.07 Å². The van der Waals surface area contributed by atoms with E-state index in [1.165, 1.54) is 6.92 Å². The summed E-state index contributed by atoms with van der Waals surface area (Å²) in [7, 11) is 0. The lowest BCUT2D eigenvalue weighted by Gasteiger charge is -2.02. The summed E-state index contributed by atoms with van der Waals surface area (Å²) in [5.41, 5.74) is -0.422. The molecular weight excluding hydrogens is 172 g/mol. The Balaban J connectivity index is 3.40. The maximum atomic E-state index is 12.7. The molecule has 0 N–H and O–H groups in total. The number of halogens is 4. The SMILES string of the molecule is CCc1c(F)cc(F)c(F)c1F. The summed E-state index contributed by atoms with van der Waals surface area (Å²) in [4.78, 5) is 0. The van der Waals surface area contributed by atoms with Crippen molar-refractivity contribution < 1.29 is 17.6 Å². The number of hydrogen-bond donors (Lipinski definition) is 0. The Hall–Kier alpha value is -1.06. The molecule has 4 heteroatoms. The molecule has 1 aromatic rings. The van der Waals surface area contributed by atoms with Crippen LogP contribution in [0.2, 0.25) is 0 Å². The molecule has 0 aliphatic rings. The van der Waals surface area contributed by atoms with Crippen LogP contribution in [0.15, 0.2) is 6.07 Å². The van der Waals surface area contributed by atoms with Crippen molar-refractivity contribution in [3.8, 4) is 0 Å². The van der Waals surface area contributed by atoms with Crippen LogP contribution in [0.4, 0.5) is 17.6 Å². The van der Waals surface area contributed by atoms with Crippen LogP contribution in [0.1, 0.15) is 12.5 Å². The van der Waals surface area contributed by atoms with Crippen LogP contribution in [0.25, 0.3) is 0 Å². The predicted octanol–water partition coefficient (Wildman–Crippen LogP) is 2.81. The van der Waals surface area contributed by atoms with Gasteiger partial charge in [0.05, 0.1) is 0 Å². The zero-order chi connectivity index (χ0) is 9.30. The molecule has 66 valence electrons. The number of hydrogen-bond acceptors (Lipinski definition) is 0. The fraction of sp³-hybridized carbons (Fsp3) is 0.250. The highest BCUT2D eigenvalue weighted by molar-refractivity contribution is 5.22. The number of rotatable bonds is 1. The quantitative estimate of drug-likeness (QED) is 0.352. The van der Waals surface area contributed by atoms with Gasteiger partial charge in [-0.2, -0.15) is 0 Å². The van der Waals surface area contributed by atoms with Gasteiger partial charge in [-0.05, 0) is 6.42 Å².